The van der Waals surface area contributed by atoms with Crippen molar-refractivity contribution < 1.29 is 19.1 Å². The first-order valence-corrected chi connectivity index (χ1v) is 10.2. The third kappa shape index (κ3) is 3.65. The van der Waals surface area contributed by atoms with Crippen molar-refractivity contribution in [2.75, 3.05) is 4.90 Å². The van der Waals surface area contributed by atoms with Crippen LogP contribution in [0.25, 0.3) is 11.2 Å². The van der Waals surface area contributed by atoms with E-state index < -0.39 is 18.0 Å². The molecule has 1 atom stereocenters. The number of carbonyl (C=O) groups is 3. The van der Waals surface area contributed by atoms with Crippen LogP contribution in [0.15, 0.2) is 85.2 Å². The van der Waals surface area contributed by atoms with Crippen molar-refractivity contribution in [2.24, 2.45) is 0 Å². The van der Waals surface area contributed by atoms with E-state index in [-0.39, 0.29) is 17.1 Å². The molecule has 9 heteroatoms. The van der Waals surface area contributed by atoms with Crippen LogP contribution in [0.1, 0.15) is 33.4 Å². The van der Waals surface area contributed by atoms with Gasteiger partial charge in [-0.05, 0) is 30.3 Å². The summed E-state index contributed by atoms with van der Waals surface area (Å²) in [7, 11) is 0. The highest BCUT2D eigenvalue weighted by Crippen LogP contribution is 2.31. The van der Waals surface area contributed by atoms with Gasteiger partial charge in [-0.1, -0.05) is 36.4 Å². The van der Waals surface area contributed by atoms with Crippen LogP contribution in [0, 0.1) is 0 Å². The Bertz CT molecular complexity index is 1330. The Morgan fingerprint density at radius 3 is 2.15 bits per heavy atom. The molecule has 0 N–H and O–H groups in total. The third-order valence-corrected chi connectivity index (χ3v) is 5.22. The summed E-state index contributed by atoms with van der Waals surface area (Å²) in [4.78, 5) is 51.9. The highest BCUT2D eigenvalue weighted by Gasteiger charge is 2.31. The van der Waals surface area contributed by atoms with Gasteiger partial charge >= 0.3 is 0 Å². The van der Waals surface area contributed by atoms with Crippen LogP contribution in [0.3, 0.4) is 0 Å². The minimum Gasteiger partial charge on any atom is -0.467 e. The Balaban J connectivity index is 1.62. The Morgan fingerprint density at radius 1 is 0.939 bits per heavy atom. The van der Waals surface area contributed by atoms with Gasteiger partial charge in [0.2, 0.25) is 0 Å². The summed E-state index contributed by atoms with van der Waals surface area (Å²) in [6.07, 6.45) is 5.01. The van der Waals surface area contributed by atoms with Gasteiger partial charge in [0.25, 0.3) is 11.8 Å². The summed E-state index contributed by atoms with van der Waals surface area (Å²) in [5.74, 6) is -0.790. The molecule has 2 amide bonds. The lowest BCUT2D eigenvalue weighted by molar-refractivity contribution is -0.108. The normalized spacial score (nSPS) is 15.0. The second-order valence-corrected chi connectivity index (χ2v) is 7.23. The Kier molecular flexibility index (Phi) is 5.19. The fourth-order valence-corrected chi connectivity index (χ4v) is 3.63. The average molecular weight is 439 g/mol. The molecule has 0 radical (unpaired) electrons. The number of carbonyl (C=O) groups excluding carboxylic acids is 3. The molecule has 0 fully saturated rings. The maximum atomic E-state index is 13.5. The molecule has 162 valence electrons. The van der Waals surface area contributed by atoms with Crippen molar-refractivity contribution in [3.8, 4) is 0 Å². The first-order valence-electron chi connectivity index (χ1n) is 10.2. The maximum absolute atomic E-state index is 13.5. The van der Waals surface area contributed by atoms with Crippen molar-refractivity contribution in [3.63, 3.8) is 0 Å². The summed E-state index contributed by atoms with van der Waals surface area (Å²) in [5.41, 5.74) is 1.28. The van der Waals surface area contributed by atoms with Gasteiger partial charge in [0.15, 0.2) is 35.3 Å². The smallest absolute Gasteiger partial charge is 0.266 e. The standard InChI is InChI=1S/C24H17N5O4/c30-13-18-11-12-19(33-18)28-15-27-20-21(28)25-14-26-22(20)29(23(31)16-7-3-1-4-8-16)24(32)17-9-5-2-6-10-17/h1-11,13-15,19H,12H2/t19-/m1/s1. The highest BCUT2D eigenvalue weighted by atomic mass is 16.5. The van der Waals surface area contributed by atoms with Crippen LogP contribution in [0.5, 0.6) is 0 Å². The predicted molar refractivity (Wildman–Crippen MR) is 118 cm³/mol. The predicted octanol–water partition coefficient (Wildman–Crippen LogP) is 3.32. The van der Waals surface area contributed by atoms with Gasteiger partial charge in [-0.2, -0.15) is 0 Å². The molecule has 4 aromatic rings. The molecular formula is C24H17N5O4. The molecule has 3 heterocycles. The van der Waals surface area contributed by atoms with Crippen LogP contribution >= 0.6 is 0 Å². The zero-order valence-electron chi connectivity index (χ0n) is 17.2. The summed E-state index contributed by atoms with van der Waals surface area (Å²) in [5, 5.41) is 0. The van der Waals surface area contributed by atoms with E-state index in [9.17, 15) is 14.4 Å². The van der Waals surface area contributed by atoms with Gasteiger partial charge in [-0.25, -0.2) is 19.9 Å². The number of hydrogen-bond acceptors (Lipinski definition) is 7. The number of amides is 2. The Morgan fingerprint density at radius 2 is 1.58 bits per heavy atom. The van der Waals surface area contributed by atoms with E-state index in [1.807, 2.05) is 0 Å². The summed E-state index contributed by atoms with van der Waals surface area (Å²) < 4.78 is 7.25. The number of hydrogen-bond donors (Lipinski definition) is 0. The number of ether oxygens (including phenoxy) is 1. The van der Waals surface area contributed by atoms with Crippen LogP contribution in [0.4, 0.5) is 5.82 Å². The first-order chi connectivity index (χ1) is 16.2. The van der Waals surface area contributed by atoms with Gasteiger partial charge in [0.05, 0.1) is 0 Å². The van der Waals surface area contributed by atoms with Gasteiger partial charge in [0.1, 0.15) is 12.7 Å². The number of aldehydes is 1. The van der Waals surface area contributed by atoms with Gasteiger partial charge in [-0.3, -0.25) is 19.0 Å². The van der Waals surface area contributed by atoms with Crippen LogP contribution in [0.2, 0.25) is 0 Å². The SMILES string of the molecule is O=CC1=CC[C@H](n2cnc3c(N(C(=O)c4ccccc4)C(=O)c4ccccc4)ncnc32)O1. The fourth-order valence-electron chi connectivity index (χ4n) is 3.63. The number of anilines is 1. The number of rotatable bonds is 5. The molecule has 0 saturated heterocycles. The monoisotopic (exact) mass is 439 g/mol. The third-order valence-electron chi connectivity index (χ3n) is 5.22. The van der Waals surface area contributed by atoms with Crippen molar-refractivity contribution in [3.05, 3.63) is 96.3 Å². The molecule has 2 aromatic heterocycles. The first kappa shape index (κ1) is 20.3. The zero-order chi connectivity index (χ0) is 22.8. The minimum absolute atomic E-state index is 0.0584. The topological polar surface area (TPSA) is 107 Å². The number of imidazole rings is 1. The van der Waals surface area contributed by atoms with E-state index in [1.165, 1.54) is 12.7 Å². The summed E-state index contributed by atoms with van der Waals surface area (Å²) >= 11 is 0. The van der Waals surface area contributed by atoms with Crippen molar-refractivity contribution in [1.29, 1.82) is 0 Å². The van der Waals surface area contributed by atoms with E-state index in [1.54, 1.807) is 71.3 Å². The van der Waals surface area contributed by atoms with E-state index in [2.05, 4.69) is 15.0 Å². The van der Waals surface area contributed by atoms with Crippen LogP contribution in [-0.4, -0.2) is 37.6 Å². The number of allylic oxidation sites excluding steroid dienone is 1. The molecule has 2 aromatic carbocycles. The molecule has 33 heavy (non-hydrogen) atoms. The van der Waals surface area contributed by atoms with Gasteiger partial charge in [-0.15, -0.1) is 0 Å². The van der Waals surface area contributed by atoms with Gasteiger partial charge < -0.3 is 4.74 Å². The van der Waals surface area contributed by atoms with E-state index >= 15 is 0 Å². The summed E-state index contributed by atoms with van der Waals surface area (Å²) in [6.45, 7) is 0. The molecule has 9 nitrogen and oxygen atoms in total. The Hall–Kier alpha value is -4.66. The zero-order valence-corrected chi connectivity index (χ0v) is 17.2. The Labute approximate surface area is 188 Å². The lowest BCUT2D eigenvalue weighted by atomic mass is 10.1. The lowest BCUT2D eigenvalue weighted by Gasteiger charge is -2.20. The molecule has 0 aliphatic carbocycles. The molecule has 0 unspecified atom stereocenters. The number of fused-ring (bicyclic) bond motifs is 1. The van der Waals surface area contributed by atoms with E-state index in [4.69, 9.17) is 4.74 Å². The van der Waals surface area contributed by atoms with Crippen molar-refractivity contribution in [1.82, 2.24) is 19.5 Å². The van der Waals surface area contributed by atoms with Crippen molar-refractivity contribution >= 4 is 35.1 Å². The molecule has 1 aliphatic heterocycles. The van der Waals surface area contributed by atoms with E-state index in [0.29, 0.717) is 29.5 Å². The molecule has 1 aliphatic rings. The maximum Gasteiger partial charge on any atom is 0.266 e. The number of benzene rings is 2. The largest absolute Gasteiger partial charge is 0.467 e. The number of imide groups is 1. The number of aromatic nitrogens is 4. The van der Waals surface area contributed by atoms with Crippen LogP contribution < -0.4 is 4.90 Å². The van der Waals surface area contributed by atoms with Crippen molar-refractivity contribution in [2.45, 2.75) is 12.6 Å². The summed E-state index contributed by atoms with van der Waals surface area (Å²) in [6, 6.07) is 17.0. The second-order valence-electron chi connectivity index (χ2n) is 7.23. The molecule has 0 saturated carbocycles. The number of nitrogens with zero attached hydrogens (tertiary/aromatic N) is 5. The van der Waals surface area contributed by atoms with E-state index in [0.717, 1.165) is 4.90 Å². The molecular weight excluding hydrogens is 422 g/mol. The quantitative estimate of drug-likeness (QED) is 0.347. The molecule has 5 rings (SSSR count). The lowest BCUT2D eigenvalue weighted by Crippen LogP contribution is -2.38. The average Bonchev–Trinajstić information content (AvgIpc) is 3.52. The fraction of sp³-hybridized carbons (Fsp3) is 0.0833. The molecule has 0 spiro atoms. The van der Waals surface area contributed by atoms with Crippen LogP contribution in [-0.2, 0) is 9.53 Å². The second kappa shape index (κ2) is 8.46. The minimum atomic E-state index is -0.541. The highest BCUT2D eigenvalue weighted by molar-refractivity contribution is 6.27. The van der Waals surface area contributed by atoms with Gasteiger partial charge in [0, 0.05) is 17.5 Å². The molecule has 0 bridgehead atoms.